The number of benzene rings is 2. The quantitative estimate of drug-likeness (QED) is 0.472. The minimum absolute atomic E-state index is 0.393. The summed E-state index contributed by atoms with van der Waals surface area (Å²) in [5.41, 5.74) is 9.68. The predicted octanol–water partition coefficient (Wildman–Crippen LogP) is 3.42. The fourth-order valence-electron chi connectivity index (χ4n) is 2.52. The van der Waals surface area contributed by atoms with Gasteiger partial charge in [-0.05, 0) is 36.8 Å². The maximum Gasteiger partial charge on any atom is 0.184 e. The molecule has 0 unspecified atom stereocenters. The van der Waals surface area contributed by atoms with E-state index in [0.29, 0.717) is 43.6 Å². The van der Waals surface area contributed by atoms with Crippen molar-refractivity contribution in [1.29, 1.82) is 0 Å². The Morgan fingerprint density at radius 3 is 2.00 bits per heavy atom. The van der Waals surface area contributed by atoms with E-state index in [9.17, 15) is 0 Å². The SMILES string of the molecule is CCNc1ccc(-c2ccc(N)c(OCCOC)c2OCCOC)cc1. The van der Waals surface area contributed by atoms with Crippen molar-refractivity contribution < 1.29 is 18.9 Å². The minimum Gasteiger partial charge on any atom is -0.487 e. The first kappa shape index (κ1) is 19.9. The van der Waals surface area contributed by atoms with E-state index in [-0.39, 0.29) is 0 Å². The van der Waals surface area contributed by atoms with Crippen molar-refractivity contribution in [2.45, 2.75) is 6.92 Å². The standard InChI is InChI=1S/C20H28N2O4/c1-4-22-16-7-5-15(6-8-16)17-9-10-18(21)20(26-14-12-24-3)19(17)25-13-11-23-2/h5-10,22H,4,11-14,21H2,1-3H3. The molecule has 2 aromatic rings. The van der Waals surface area contributed by atoms with Crippen LogP contribution in [0.5, 0.6) is 11.5 Å². The second-order valence-electron chi connectivity index (χ2n) is 5.65. The van der Waals surface area contributed by atoms with Crippen molar-refractivity contribution >= 4 is 11.4 Å². The normalized spacial score (nSPS) is 10.6. The Bertz CT molecular complexity index is 674. The Kier molecular flexibility index (Phi) is 8.05. The number of anilines is 2. The summed E-state index contributed by atoms with van der Waals surface area (Å²) in [7, 11) is 3.27. The maximum absolute atomic E-state index is 6.13. The zero-order chi connectivity index (χ0) is 18.8. The highest BCUT2D eigenvalue weighted by Gasteiger charge is 2.17. The van der Waals surface area contributed by atoms with Crippen LogP contribution in [-0.2, 0) is 9.47 Å². The summed E-state index contributed by atoms with van der Waals surface area (Å²) in [5.74, 6) is 1.15. The van der Waals surface area contributed by atoms with E-state index >= 15 is 0 Å². The van der Waals surface area contributed by atoms with Crippen LogP contribution < -0.4 is 20.5 Å². The van der Waals surface area contributed by atoms with Crippen molar-refractivity contribution in [3.05, 3.63) is 36.4 Å². The van der Waals surface area contributed by atoms with Crippen LogP contribution in [0.3, 0.4) is 0 Å². The van der Waals surface area contributed by atoms with Crippen LogP contribution >= 0.6 is 0 Å². The predicted molar refractivity (Wildman–Crippen MR) is 105 cm³/mol. The molecule has 0 aliphatic carbocycles. The van der Waals surface area contributed by atoms with Crippen molar-refractivity contribution in [2.24, 2.45) is 0 Å². The molecule has 0 aromatic heterocycles. The zero-order valence-electron chi connectivity index (χ0n) is 15.7. The van der Waals surface area contributed by atoms with Gasteiger partial charge in [0.05, 0.1) is 18.9 Å². The summed E-state index contributed by atoms with van der Waals surface area (Å²) >= 11 is 0. The summed E-state index contributed by atoms with van der Waals surface area (Å²) in [4.78, 5) is 0. The number of rotatable bonds is 11. The summed E-state index contributed by atoms with van der Waals surface area (Å²) in [5, 5.41) is 3.29. The topological polar surface area (TPSA) is 75.0 Å². The van der Waals surface area contributed by atoms with Gasteiger partial charge in [0, 0.05) is 32.0 Å². The number of nitrogens with one attached hydrogen (secondary N) is 1. The molecule has 0 bridgehead atoms. The second kappa shape index (κ2) is 10.5. The van der Waals surface area contributed by atoms with Gasteiger partial charge in [0.15, 0.2) is 11.5 Å². The lowest BCUT2D eigenvalue weighted by molar-refractivity contribution is 0.133. The Labute approximate surface area is 155 Å². The monoisotopic (exact) mass is 360 g/mol. The lowest BCUT2D eigenvalue weighted by Crippen LogP contribution is -2.10. The number of ether oxygens (including phenoxy) is 4. The Balaban J connectivity index is 2.37. The van der Waals surface area contributed by atoms with Crippen LogP contribution in [-0.4, -0.2) is 47.2 Å². The van der Waals surface area contributed by atoms with Gasteiger partial charge in [0.2, 0.25) is 0 Å². The Morgan fingerprint density at radius 1 is 0.808 bits per heavy atom. The van der Waals surface area contributed by atoms with Crippen LogP contribution in [0.4, 0.5) is 11.4 Å². The molecule has 26 heavy (non-hydrogen) atoms. The van der Waals surface area contributed by atoms with E-state index in [1.807, 2.05) is 36.4 Å². The molecule has 6 heteroatoms. The summed E-state index contributed by atoms with van der Waals surface area (Å²) in [6, 6.07) is 12.0. The van der Waals surface area contributed by atoms with E-state index in [0.717, 1.165) is 23.4 Å². The van der Waals surface area contributed by atoms with Crippen molar-refractivity contribution in [1.82, 2.24) is 0 Å². The van der Waals surface area contributed by atoms with Crippen LogP contribution in [0, 0.1) is 0 Å². The molecule has 0 spiro atoms. The molecule has 0 radical (unpaired) electrons. The van der Waals surface area contributed by atoms with Crippen molar-refractivity contribution in [3.8, 4) is 22.6 Å². The van der Waals surface area contributed by atoms with Crippen LogP contribution in [0.15, 0.2) is 36.4 Å². The molecule has 2 rings (SSSR count). The smallest absolute Gasteiger partial charge is 0.184 e. The van der Waals surface area contributed by atoms with Crippen molar-refractivity contribution in [3.63, 3.8) is 0 Å². The molecule has 0 saturated carbocycles. The number of hydrogen-bond acceptors (Lipinski definition) is 6. The number of nitrogen functional groups attached to an aromatic ring is 1. The average Bonchev–Trinajstić information content (AvgIpc) is 2.65. The molecule has 0 amide bonds. The number of hydrogen-bond donors (Lipinski definition) is 2. The Hall–Kier alpha value is -2.44. The largest absolute Gasteiger partial charge is 0.487 e. The molecular formula is C20H28N2O4. The molecule has 3 N–H and O–H groups in total. The molecule has 0 atom stereocenters. The highest BCUT2D eigenvalue weighted by molar-refractivity contribution is 5.79. The van der Waals surface area contributed by atoms with Gasteiger partial charge < -0.3 is 30.0 Å². The van der Waals surface area contributed by atoms with Gasteiger partial charge in [0.25, 0.3) is 0 Å². The van der Waals surface area contributed by atoms with E-state index in [1.165, 1.54) is 0 Å². The number of methoxy groups -OCH3 is 2. The lowest BCUT2D eigenvalue weighted by atomic mass is 10.0. The highest BCUT2D eigenvalue weighted by Crippen LogP contribution is 2.42. The number of nitrogens with two attached hydrogens (primary N) is 1. The first-order chi connectivity index (χ1) is 12.7. The molecule has 0 fully saturated rings. The molecule has 0 saturated heterocycles. The average molecular weight is 360 g/mol. The Morgan fingerprint density at radius 2 is 1.42 bits per heavy atom. The van der Waals surface area contributed by atoms with Gasteiger partial charge in [-0.2, -0.15) is 0 Å². The maximum atomic E-state index is 6.13. The van der Waals surface area contributed by atoms with Crippen LogP contribution in [0.2, 0.25) is 0 Å². The van der Waals surface area contributed by atoms with Gasteiger partial charge in [-0.1, -0.05) is 12.1 Å². The van der Waals surface area contributed by atoms with Gasteiger partial charge in [-0.15, -0.1) is 0 Å². The van der Waals surface area contributed by atoms with Gasteiger partial charge in [-0.25, -0.2) is 0 Å². The second-order valence-corrected chi connectivity index (χ2v) is 5.65. The fraction of sp³-hybridized carbons (Fsp3) is 0.400. The molecule has 0 aliphatic heterocycles. The zero-order valence-corrected chi connectivity index (χ0v) is 15.7. The molecular weight excluding hydrogens is 332 g/mol. The van der Waals surface area contributed by atoms with Gasteiger partial charge >= 0.3 is 0 Å². The van der Waals surface area contributed by atoms with Crippen LogP contribution in [0.1, 0.15) is 6.92 Å². The molecule has 0 heterocycles. The third-order valence-corrected chi connectivity index (χ3v) is 3.79. The van der Waals surface area contributed by atoms with E-state index < -0.39 is 0 Å². The third-order valence-electron chi connectivity index (χ3n) is 3.79. The van der Waals surface area contributed by atoms with Gasteiger partial charge in [-0.3, -0.25) is 0 Å². The third kappa shape index (κ3) is 5.28. The summed E-state index contributed by atoms with van der Waals surface area (Å²) in [6.45, 7) is 4.69. The van der Waals surface area contributed by atoms with E-state index in [1.54, 1.807) is 14.2 Å². The summed E-state index contributed by atoms with van der Waals surface area (Å²) < 4.78 is 22.0. The highest BCUT2D eigenvalue weighted by atomic mass is 16.5. The molecule has 2 aromatic carbocycles. The first-order valence-corrected chi connectivity index (χ1v) is 8.71. The van der Waals surface area contributed by atoms with Crippen LogP contribution in [0.25, 0.3) is 11.1 Å². The molecule has 142 valence electrons. The fourth-order valence-corrected chi connectivity index (χ4v) is 2.52. The summed E-state index contributed by atoms with van der Waals surface area (Å²) in [6.07, 6.45) is 0. The lowest BCUT2D eigenvalue weighted by Gasteiger charge is -2.18. The molecule has 6 nitrogen and oxygen atoms in total. The van der Waals surface area contributed by atoms with E-state index in [4.69, 9.17) is 24.7 Å². The van der Waals surface area contributed by atoms with Crippen molar-refractivity contribution in [2.75, 3.05) is 58.2 Å². The molecule has 0 aliphatic rings. The van der Waals surface area contributed by atoms with E-state index in [2.05, 4.69) is 12.2 Å². The van der Waals surface area contributed by atoms with Gasteiger partial charge in [0.1, 0.15) is 13.2 Å². The first-order valence-electron chi connectivity index (χ1n) is 8.71. The minimum atomic E-state index is 0.393.